The number of nitrogens with one attached hydrogen (secondary N) is 2. The molecule has 4 bridgehead atoms. The third kappa shape index (κ3) is 5.92. The van der Waals surface area contributed by atoms with Crippen molar-refractivity contribution in [3.63, 3.8) is 0 Å². The summed E-state index contributed by atoms with van der Waals surface area (Å²) in [5.41, 5.74) is 0.821. The first kappa shape index (κ1) is 25.4. The first-order valence-electron chi connectivity index (χ1n) is 12.2. The highest BCUT2D eigenvalue weighted by molar-refractivity contribution is 7.89. The van der Waals surface area contributed by atoms with E-state index in [1.807, 2.05) is 12.2 Å². The maximum atomic E-state index is 13.8. The molecule has 3 atom stereocenters. The smallest absolute Gasteiger partial charge is 0.328 e. The van der Waals surface area contributed by atoms with E-state index in [1.165, 1.54) is 24.1 Å². The molecule has 3 aliphatic heterocycles. The maximum absolute atomic E-state index is 13.8. The number of allylic oxidation sites excluding steroid dienone is 1. The summed E-state index contributed by atoms with van der Waals surface area (Å²) in [7, 11) is -2.62. The van der Waals surface area contributed by atoms with Crippen LogP contribution in [0.3, 0.4) is 0 Å². The Labute approximate surface area is 206 Å². The lowest BCUT2D eigenvalue weighted by Gasteiger charge is -2.34. The minimum Gasteiger partial charge on any atom is -0.467 e. The van der Waals surface area contributed by atoms with Crippen LogP contribution in [0.5, 0.6) is 0 Å². The highest BCUT2D eigenvalue weighted by atomic mass is 32.2. The van der Waals surface area contributed by atoms with E-state index in [1.54, 1.807) is 12.1 Å². The Morgan fingerprint density at radius 1 is 1.09 bits per heavy atom. The average molecular weight is 504 g/mol. The van der Waals surface area contributed by atoms with Crippen LogP contribution in [0.1, 0.15) is 56.9 Å². The van der Waals surface area contributed by atoms with E-state index in [9.17, 15) is 22.8 Å². The lowest BCUT2D eigenvalue weighted by Crippen LogP contribution is -2.55. The van der Waals surface area contributed by atoms with Gasteiger partial charge in [0, 0.05) is 19.0 Å². The van der Waals surface area contributed by atoms with Gasteiger partial charge in [0.1, 0.15) is 12.1 Å². The summed E-state index contributed by atoms with van der Waals surface area (Å²) in [6.45, 7) is 0.0244. The predicted octanol–water partition coefficient (Wildman–Crippen LogP) is 1.98. The van der Waals surface area contributed by atoms with Gasteiger partial charge in [-0.2, -0.15) is 0 Å². The normalized spacial score (nSPS) is 27.9. The van der Waals surface area contributed by atoms with Crippen molar-refractivity contribution in [2.24, 2.45) is 5.92 Å². The Bertz CT molecular complexity index is 1080. The van der Waals surface area contributed by atoms with Crippen LogP contribution < -0.4 is 10.0 Å². The molecular weight excluding hydrogens is 470 g/mol. The van der Waals surface area contributed by atoms with Gasteiger partial charge in [0.2, 0.25) is 21.8 Å². The van der Waals surface area contributed by atoms with E-state index in [4.69, 9.17) is 4.74 Å². The average Bonchev–Trinajstić information content (AvgIpc) is 3.27. The topological polar surface area (TPSA) is 122 Å². The number of hydrogen-bond acceptors (Lipinski definition) is 6. The first-order chi connectivity index (χ1) is 16.8. The largest absolute Gasteiger partial charge is 0.467 e. The molecule has 9 nitrogen and oxygen atoms in total. The van der Waals surface area contributed by atoms with Gasteiger partial charge in [-0.1, -0.05) is 43.5 Å². The van der Waals surface area contributed by atoms with Crippen molar-refractivity contribution in [1.82, 2.24) is 14.9 Å². The number of rotatable bonds is 2. The van der Waals surface area contributed by atoms with Gasteiger partial charge in [-0.15, -0.1) is 0 Å². The molecule has 0 radical (unpaired) electrons. The van der Waals surface area contributed by atoms with Crippen LogP contribution >= 0.6 is 0 Å². The molecule has 190 valence electrons. The van der Waals surface area contributed by atoms with Crippen molar-refractivity contribution in [2.75, 3.05) is 13.7 Å². The fourth-order valence-electron chi connectivity index (χ4n) is 5.28. The van der Waals surface area contributed by atoms with E-state index >= 15 is 0 Å². The molecule has 0 aromatic heterocycles. The van der Waals surface area contributed by atoms with E-state index in [2.05, 4.69) is 10.0 Å². The molecule has 0 spiro atoms. The molecule has 1 aromatic rings. The van der Waals surface area contributed by atoms with E-state index in [0.29, 0.717) is 6.42 Å². The van der Waals surface area contributed by atoms with Gasteiger partial charge >= 0.3 is 5.97 Å². The third-order valence-electron chi connectivity index (χ3n) is 7.12. The van der Waals surface area contributed by atoms with Crippen LogP contribution in [0.15, 0.2) is 35.2 Å². The van der Waals surface area contributed by atoms with E-state index in [0.717, 1.165) is 37.7 Å². The summed E-state index contributed by atoms with van der Waals surface area (Å²) < 4.78 is 33.6. The second-order valence-electron chi connectivity index (χ2n) is 9.54. The molecule has 2 amide bonds. The molecule has 35 heavy (non-hydrogen) atoms. The second kappa shape index (κ2) is 10.9. The number of methoxy groups -OCH3 is 1. The minimum absolute atomic E-state index is 0.0244. The van der Waals surface area contributed by atoms with Crippen LogP contribution in [-0.4, -0.2) is 62.9 Å². The van der Waals surface area contributed by atoms with E-state index < -0.39 is 34.1 Å². The number of amides is 2. The molecule has 3 heterocycles. The monoisotopic (exact) mass is 503 g/mol. The van der Waals surface area contributed by atoms with E-state index in [-0.39, 0.29) is 42.0 Å². The molecule has 2 fully saturated rings. The lowest BCUT2D eigenvalue weighted by atomic mass is 9.83. The fraction of sp³-hybridized carbons (Fsp3) is 0.560. The van der Waals surface area contributed by atoms with Crippen molar-refractivity contribution < 1.29 is 27.5 Å². The van der Waals surface area contributed by atoms with Gasteiger partial charge in [-0.25, -0.2) is 17.9 Å². The molecule has 1 aliphatic carbocycles. The zero-order valence-electron chi connectivity index (χ0n) is 19.9. The molecule has 2 N–H and O–H groups in total. The highest BCUT2D eigenvalue weighted by Crippen LogP contribution is 2.30. The molecule has 1 saturated heterocycles. The summed E-state index contributed by atoms with van der Waals surface area (Å²) in [4.78, 5) is 40.7. The minimum atomic E-state index is -3.86. The third-order valence-corrected chi connectivity index (χ3v) is 8.66. The summed E-state index contributed by atoms with van der Waals surface area (Å²) in [6, 6.07) is 4.09. The summed E-state index contributed by atoms with van der Waals surface area (Å²) in [6.07, 6.45) is 9.19. The zero-order chi connectivity index (χ0) is 25.0. The van der Waals surface area contributed by atoms with Gasteiger partial charge in [0.25, 0.3) is 0 Å². The number of benzene rings is 1. The number of hydrogen-bond donors (Lipinski definition) is 2. The van der Waals surface area contributed by atoms with Gasteiger partial charge in [-0.3, -0.25) is 9.59 Å². The predicted molar refractivity (Wildman–Crippen MR) is 129 cm³/mol. The molecule has 4 aliphatic rings. The number of esters is 1. The van der Waals surface area contributed by atoms with Gasteiger partial charge in [-0.05, 0) is 49.3 Å². The standard InChI is InChI=1S/C25H33N3O6S/c1-34-25(31)21-15-19-16-28(21)24(30)23(18-8-3-2-4-9-18)26-22(29)10-6-5-7-17-11-13-20(14-12-17)35(32,33)27-19/h5,7,11-14,18-19,21,23,27H,2-4,6,8-10,15-16H2,1H3,(H,26,29)/t19-,21?,23?/m1/s1. The Morgan fingerprint density at radius 3 is 2.49 bits per heavy atom. The van der Waals surface area contributed by atoms with Crippen molar-refractivity contribution >= 4 is 33.9 Å². The molecule has 10 heteroatoms. The second-order valence-corrected chi connectivity index (χ2v) is 11.3. The first-order valence-corrected chi connectivity index (χ1v) is 13.7. The summed E-state index contributed by atoms with van der Waals surface area (Å²) >= 11 is 0. The molecular formula is C25H33N3O6S. The Kier molecular flexibility index (Phi) is 7.91. The summed E-state index contributed by atoms with van der Waals surface area (Å²) in [5, 5.41) is 2.95. The van der Waals surface area contributed by atoms with Crippen molar-refractivity contribution in [2.45, 2.75) is 74.4 Å². The van der Waals surface area contributed by atoms with Gasteiger partial charge in [0.05, 0.1) is 12.0 Å². The maximum Gasteiger partial charge on any atom is 0.328 e. The number of nitrogens with zero attached hydrogens (tertiary/aromatic N) is 1. The quantitative estimate of drug-likeness (QED) is 0.595. The van der Waals surface area contributed by atoms with Crippen LogP contribution in [-0.2, 0) is 29.1 Å². The molecule has 2 unspecified atom stereocenters. The number of carbonyl (C=O) groups excluding carboxylic acids is 3. The lowest BCUT2D eigenvalue weighted by molar-refractivity contribution is -0.152. The molecule has 1 saturated carbocycles. The van der Waals surface area contributed by atoms with Gasteiger partial charge < -0.3 is 15.0 Å². The summed E-state index contributed by atoms with van der Waals surface area (Å²) in [5.74, 6) is -1.20. The Hall–Kier alpha value is -2.72. The number of sulfonamides is 1. The Morgan fingerprint density at radius 2 is 1.80 bits per heavy atom. The van der Waals surface area contributed by atoms with Gasteiger partial charge in [0.15, 0.2) is 0 Å². The SMILES string of the molecule is COC(=O)C1C[C@@H]2CN1C(=O)C(C1CCCCC1)NC(=O)CCC=Cc1ccc(cc1)S(=O)(=O)N2. The van der Waals surface area contributed by atoms with Crippen molar-refractivity contribution in [3.05, 3.63) is 35.9 Å². The van der Waals surface area contributed by atoms with Crippen molar-refractivity contribution in [1.29, 1.82) is 0 Å². The highest BCUT2D eigenvalue weighted by Gasteiger charge is 2.45. The van der Waals surface area contributed by atoms with Crippen LogP contribution in [0.4, 0.5) is 0 Å². The molecule has 1 aromatic carbocycles. The Balaban J connectivity index is 1.68. The molecule has 5 rings (SSSR count). The number of ether oxygens (including phenoxy) is 1. The fourth-order valence-corrected chi connectivity index (χ4v) is 6.52. The number of carbonyl (C=O) groups is 3. The van der Waals surface area contributed by atoms with Crippen LogP contribution in [0.2, 0.25) is 0 Å². The zero-order valence-corrected chi connectivity index (χ0v) is 20.8. The van der Waals surface area contributed by atoms with Crippen LogP contribution in [0.25, 0.3) is 6.08 Å². The van der Waals surface area contributed by atoms with Crippen molar-refractivity contribution in [3.8, 4) is 0 Å². The van der Waals surface area contributed by atoms with Crippen LogP contribution in [0, 0.1) is 5.92 Å². The number of fused-ring (bicyclic) bond motifs is 9.